The van der Waals surface area contributed by atoms with Gasteiger partial charge in [0.2, 0.25) is 5.91 Å². The number of anilines is 1. The normalized spacial score (nSPS) is 13.9. The molecule has 6 nitrogen and oxygen atoms in total. The lowest BCUT2D eigenvalue weighted by molar-refractivity contribution is -0.129. The van der Waals surface area contributed by atoms with Crippen LogP contribution in [0.1, 0.15) is 23.6 Å². The van der Waals surface area contributed by atoms with Crippen LogP contribution in [-0.2, 0) is 27.8 Å². The Bertz CT molecular complexity index is 954. The van der Waals surface area contributed by atoms with Gasteiger partial charge in [0.15, 0.2) is 0 Å². The van der Waals surface area contributed by atoms with Crippen LogP contribution in [0.3, 0.4) is 0 Å². The number of sulfonamides is 1. The van der Waals surface area contributed by atoms with E-state index in [9.17, 15) is 13.2 Å². The third-order valence-electron chi connectivity index (χ3n) is 4.54. The highest BCUT2D eigenvalue weighted by molar-refractivity contribution is 7.92. The van der Waals surface area contributed by atoms with E-state index < -0.39 is 10.0 Å². The molecule has 0 aromatic heterocycles. The Hall–Kier alpha value is -2.54. The minimum absolute atomic E-state index is 0.00784. The zero-order valence-electron chi connectivity index (χ0n) is 15.1. The second-order valence-corrected chi connectivity index (χ2v) is 8.11. The first-order valence-electron chi connectivity index (χ1n) is 8.35. The lowest BCUT2D eigenvalue weighted by atomic mass is 10.00. The van der Waals surface area contributed by atoms with Gasteiger partial charge in [-0.3, -0.25) is 9.52 Å². The van der Waals surface area contributed by atoms with Crippen LogP contribution >= 0.6 is 0 Å². The van der Waals surface area contributed by atoms with Crippen LogP contribution in [0.2, 0.25) is 0 Å². The van der Waals surface area contributed by atoms with E-state index in [4.69, 9.17) is 4.74 Å². The Morgan fingerprint density at radius 2 is 1.92 bits per heavy atom. The molecule has 0 unspecified atom stereocenters. The van der Waals surface area contributed by atoms with Crippen molar-refractivity contribution in [2.24, 2.45) is 0 Å². The van der Waals surface area contributed by atoms with Crippen molar-refractivity contribution in [2.45, 2.75) is 31.7 Å². The van der Waals surface area contributed by atoms with Crippen molar-refractivity contribution in [1.29, 1.82) is 0 Å². The largest absolute Gasteiger partial charge is 0.495 e. The minimum atomic E-state index is -3.77. The number of carbonyl (C=O) groups excluding carboxylic acids is 1. The molecule has 1 aliphatic rings. The molecule has 0 radical (unpaired) electrons. The number of amides is 1. The Balaban J connectivity index is 1.92. The van der Waals surface area contributed by atoms with Gasteiger partial charge in [-0.15, -0.1) is 0 Å². The molecular formula is C19H22N2O4S. The summed E-state index contributed by atoms with van der Waals surface area (Å²) < 4.78 is 33.5. The summed E-state index contributed by atoms with van der Waals surface area (Å²) in [6, 6.07) is 10.4. The molecule has 26 heavy (non-hydrogen) atoms. The Morgan fingerprint density at radius 3 is 2.62 bits per heavy atom. The molecule has 0 spiro atoms. The molecule has 2 aromatic carbocycles. The molecule has 0 fully saturated rings. The van der Waals surface area contributed by atoms with Crippen LogP contribution in [0.4, 0.5) is 5.69 Å². The molecule has 1 N–H and O–H groups in total. The molecule has 0 atom stereocenters. The summed E-state index contributed by atoms with van der Waals surface area (Å²) in [4.78, 5) is 13.5. The highest BCUT2D eigenvalue weighted by Gasteiger charge is 2.22. The lowest BCUT2D eigenvalue weighted by Crippen LogP contribution is -2.34. The number of ether oxygens (including phenoxy) is 1. The third kappa shape index (κ3) is 3.67. The van der Waals surface area contributed by atoms with E-state index in [0.29, 0.717) is 24.5 Å². The van der Waals surface area contributed by atoms with E-state index in [0.717, 1.165) is 23.1 Å². The van der Waals surface area contributed by atoms with E-state index in [1.165, 1.54) is 14.0 Å². The Morgan fingerprint density at radius 1 is 1.15 bits per heavy atom. The maximum absolute atomic E-state index is 12.8. The average molecular weight is 374 g/mol. The molecule has 1 amide bonds. The smallest absolute Gasteiger partial charge is 0.262 e. The fraction of sp³-hybridized carbons (Fsp3) is 0.316. The predicted molar refractivity (Wildman–Crippen MR) is 99.8 cm³/mol. The van der Waals surface area contributed by atoms with Gasteiger partial charge in [0.1, 0.15) is 5.75 Å². The van der Waals surface area contributed by atoms with Crippen molar-refractivity contribution < 1.29 is 17.9 Å². The zero-order valence-corrected chi connectivity index (χ0v) is 15.9. The Labute approximate surface area is 153 Å². The van der Waals surface area contributed by atoms with Gasteiger partial charge in [-0.1, -0.05) is 12.1 Å². The van der Waals surface area contributed by atoms with Crippen molar-refractivity contribution in [3.05, 3.63) is 53.1 Å². The average Bonchev–Trinajstić information content (AvgIpc) is 2.60. The van der Waals surface area contributed by atoms with Gasteiger partial charge < -0.3 is 9.64 Å². The third-order valence-corrected chi connectivity index (χ3v) is 5.91. The number of methoxy groups -OCH3 is 1. The van der Waals surface area contributed by atoms with Gasteiger partial charge >= 0.3 is 0 Å². The SMILES string of the molecule is COc1ccc(C)cc1NS(=O)(=O)c1ccc2c(c1)CN(C(C)=O)CC2. The molecule has 2 aromatic rings. The molecule has 1 aliphatic heterocycles. The summed E-state index contributed by atoms with van der Waals surface area (Å²) in [5.74, 6) is 0.450. The van der Waals surface area contributed by atoms with Crippen LogP contribution in [0, 0.1) is 6.92 Å². The maximum atomic E-state index is 12.8. The fourth-order valence-electron chi connectivity index (χ4n) is 3.07. The summed E-state index contributed by atoms with van der Waals surface area (Å²) in [7, 11) is -2.27. The summed E-state index contributed by atoms with van der Waals surface area (Å²) >= 11 is 0. The first kappa shape index (κ1) is 18.3. The molecule has 0 saturated heterocycles. The number of aryl methyl sites for hydroxylation is 1. The molecule has 138 valence electrons. The van der Waals surface area contributed by atoms with Crippen molar-refractivity contribution in [2.75, 3.05) is 18.4 Å². The van der Waals surface area contributed by atoms with Gasteiger partial charge in [0.05, 0.1) is 17.7 Å². The second-order valence-electron chi connectivity index (χ2n) is 6.43. The van der Waals surface area contributed by atoms with Crippen LogP contribution in [0.25, 0.3) is 0 Å². The molecule has 0 aliphatic carbocycles. The number of benzene rings is 2. The molecule has 0 saturated carbocycles. The molecule has 0 bridgehead atoms. The topological polar surface area (TPSA) is 75.7 Å². The summed E-state index contributed by atoms with van der Waals surface area (Å²) in [5.41, 5.74) is 3.27. The number of rotatable bonds is 4. The van der Waals surface area contributed by atoms with Crippen molar-refractivity contribution in [3.63, 3.8) is 0 Å². The minimum Gasteiger partial charge on any atom is -0.495 e. The van der Waals surface area contributed by atoms with Crippen LogP contribution in [-0.4, -0.2) is 32.9 Å². The fourth-order valence-corrected chi connectivity index (χ4v) is 4.19. The van der Waals surface area contributed by atoms with E-state index >= 15 is 0 Å². The van der Waals surface area contributed by atoms with Crippen LogP contribution < -0.4 is 9.46 Å². The number of nitrogens with one attached hydrogen (secondary N) is 1. The highest BCUT2D eigenvalue weighted by Crippen LogP contribution is 2.29. The molecular weight excluding hydrogens is 352 g/mol. The monoisotopic (exact) mass is 374 g/mol. The van der Waals surface area contributed by atoms with Crippen LogP contribution in [0.5, 0.6) is 5.75 Å². The van der Waals surface area contributed by atoms with E-state index in [1.54, 1.807) is 29.2 Å². The van der Waals surface area contributed by atoms with Crippen molar-refractivity contribution in [3.8, 4) is 5.75 Å². The number of hydrogen-bond donors (Lipinski definition) is 1. The molecule has 1 heterocycles. The lowest BCUT2D eigenvalue weighted by Gasteiger charge is -2.28. The summed E-state index contributed by atoms with van der Waals surface area (Å²) in [6.07, 6.45) is 0.731. The number of fused-ring (bicyclic) bond motifs is 1. The first-order valence-corrected chi connectivity index (χ1v) is 9.83. The second kappa shape index (κ2) is 6.99. The standard InChI is InChI=1S/C19H22N2O4S/c1-13-4-7-19(25-3)18(10-13)20-26(23,24)17-6-5-15-8-9-21(14(2)22)12-16(15)11-17/h4-7,10-11,20H,8-9,12H2,1-3H3. The zero-order chi connectivity index (χ0) is 18.9. The highest BCUT2D eigenvalue weighted by atomic mass is 32.2. The number of nitrogens with zero attached hydrogens (tertiary/aromatic N) is 1. The van der Waals surface area contributed by atoms with E-state index in [1.807, 2.05) is 19.1 Å². The maximum Gasteiger partial charge on any atom is 0.262 e. The van der Waals surface area contributed by atoms with E-state index in [2.05, 4.69) is 4.72 Å². The van der Waals surface area contributed by atoms with E-state index in [-0.39, 0.29) is 10.8 Å². The predicted octanol–water partition coefficient (Wildman–Crippen LogP) is 2.71. The summed E-state index contributed by atoms with van der Waals surface area (Å²) in [6.45, 7) is 4.50. The number of carbonyl (C=O) groups is 1. The van der Waals surface area contributed by atoms with Crippen LogP contribution in [0.15, 0.2) is 41.3 Å². The molecule has 7 heteroatoms. The van der Waals surface area contributed by atoms with Crippen molar-refractivity contribution in [1.82, 2.24) is 4.90 Å². The quantitative estimate of drug-likeness (QED) is 0.893. The van der Waals surface area contributed by atoms with Gasteiger partial charge in [-0.05, 0) is 54.3 Å². The van der Waals surface area contributed by atoms with Gasteiger partial charge in [0, 0.05) is 20.0 Å². The van der Waals surface area contributed by atoms with Crippen molar-refractivity contribution >= 4 is 21.6 Å². The van der Waals surface area contributed by atoms with Gasteiger partial charge in [0.25, 0.3) is 10.0 Å². The van der Waals surface area contributed by atoms with Gasteiger partial charge in [-0.2, -0.15) is 0 Å². The summed E-state index contributed by atoms with van der Waals surface area (Å²) in [5, 5.41) is 0. The van der Waals surface area contributed by atoms with Gasteiger partial charge in [-0.25, -0.2) is 8.42 Å². The first-order chi connectivity index (χ1) is 12.3. The Kier molecular flexibility index (Phi) is 4.91. The number of hydrogen-bond acceptors (Lipinski definition) is 4. The molecule has 3 rings (SSSR count).